The van der Waals surface area contributed by atoms with Gasteiger partial charge in [0.15, 0.2) is 5.78 Å². The van der Waals surface area contributed by atoms with Crippen molar-refractivity contribution in [3.05, 3.63) is 75.3 Å². The summed E-state index contributed by atoms with van der Waals surface area (Å²) >= 11 is 1.64. The second-order valence-electron chi connectivity index (χ2n) is 6.09. The van der Waals surface area contributed by atoms with Gasteiger partial charge >= 0.3 is 0 Å². The third-order valence-electron chi connectivity index (χ3n) is 4.62. The molecule has 0 fully saturated rings. The van der Waals surface area contributed by atoms with Crippen LogP contribution in [0.5, 0.6) is 0 Å². The Bertz CT molecular complexity index is 923. The Morgan fingerprint density at radius 3 is 2.88 bits per heavy atom. The molecule has 2 N–H and O–H groups in total. The largest absolute Gasteiger partial charge is 0.444 e. The summed E-state index contributed by atoms with van der Waals surface area (Å²) in [6, 6.07) is 9.78. The summed E-state index contributed by atoms with van der Waals surface area (Å²) in [5, 5.41) is 11.6. The quantitative estimate of drug-likeness (QED) is 0.898. The summed E-state index contributed by atoms with van der Waals surface area (Å²) in [6.07, 6.45) is 4.35. The third kappa shape index (κ3) is 2.63. The number of ketones is 1. The molecule has 1 aliphatic carbocycles. The standard InChI is InChI=1S/C19H15N3O2S/c20-9-13-17(11-3-1-5-22-10-11)18-14(23)7-12(16-4-2-6-25-16)8-15(18)24-19(13)21/h1-6,10,12,17H,7-8,21H2. The van der Waals surface area contributed by atoms with Gasteiger partial charge in [0.1, 0.15) is 17.4 Å². The smallest absolute Gasteiger partial charge is 0.205 e. The van der Waals surface area contributed by atoms with Crippen molar-refractivity contribution >= 4 is 17.1 Å². The number of allylic oxidation sites excluding steroid dienone is 3. The van der Waals surface area contributed by atoms with Crippen LogP contribution >= 0.6 is 11.3 Å². The summed E-state index contributed by atoms with van der Waals surface area (Å²) in [7, 11) is 0. The molecule has 2 unspecified atom stereocenters. The van der Waals surface area contributed by atoms with E-state index in [1.165, 1.54) is 0 Å². The highest BCUT2D eigenvalue weighted by molar-refractivity contribution is 7.10. The van der Waals surface area contributed by atoms with Crippen LogP contribution in [0, 0.1) is 11.3 Å². The zero-order valence-electron chi connectivity index (χ0n) is 13.3. The molecule has 0 spiro atoms. The monoisotopic (exact) mass is 349 g/mol. The number of nitrogens with two attached hydrogens (primary N) is 1. The SMILES string of the molecule is N#CC1=C(N)OC2=C(C(=O)CC(c3cccs3)C2)C1c1cccnc1. The van der Waals surface area contributed by atoms with E-state index < -0.39 is 5.92 Å². The van der Waals surface area contributed by atoms with Crippen molar-refractivity contribution < 1.29 is 9.53 Å². The van der Waals surface area contributed by atoms with E-state index in [-0.39, 0.29) is 23.2 Å². The van der Waals surface area contributed by atoms with Crippen LogP contribution in [0.1, 0.15) is 35.1 Å². The second-order valence-corrected chi connectivity index (χ2v) is 7.07. The van der Waals surface area contributed by atoms with Crippen LogP contribution in [0.25, 0.3) is 0 Å². The molecule has 2 atom stereocenters. The summed E-state index contributed by atoms with van der Waals surface area (Å²) in [5.74, 6) is 0.264. The molecule has 0 amide bonds. The van der Waals surface area contributed by atoms with Gasteiger partial charge in [-0.05, 0) is 23.1 Å². The molecule has 0 saturated carbocycles. The average Bonchev–Trinajstić information content (AvgIpc) is 3.16. The van der Waals surface area contributed by atoms with E-state index in [1.54, 1.807) is 29.8 Å². The molecule has 124 valence electrons. The number of pyridine rings is 1. The van der Waals surface area contributed by atoms with E-state index in [0.717, 1.165) is 10.4 Å². The number of hydrogen-bond acceptors (Lipinski definition) is 6. The van der Waals surface area contributed by atoms with E-state index in [2.05, 4.69) is 11.1 Å². The molecule has 25 heavy (non-hydrogen) atoms. The lowest BCUT2D eigenvalue weighted by Crippen LogP contribution is -2.29. The van der Waals surface area contributed by atoms with Gasteiger partial charge in [0.25, 0.3) is 0 Å². The number of Topliss-reactive ketones (excluding diaryl/α,β-unsaturated/α-hetero) is 1. The van der Waals surface area contributed by atoms with E-state index in [0.29, 0.717) is 24.2 Å². The van der Waals surface area contributed by atoms with Gasteiger partial charge in [-0.25, -0.2) is 0 Å². The molecule has 1 aliphatic heterocycles. The second kappa shape index (κ2) is 6.19. The van der Waals surface area contributed by atoms with Crippen LogP contribution in [0.15, 0.2) is 64.8 Å². The van der Waals surface area contributed by atoms with Crippen LogP contribution in [0.3, 0.4) is 0 Å². The van der Waals surface area contributed by atoms with E-state index in [4.69, 9.17) is 10.5 Å². The topological polar surface area (TPSA) is 89.0 Å². The number of rotatable bonds is 2. The first-order valence-electron chi connectivity index (χ1n) is 7.96. The average molecular weight is 349 g/mol. The van der Waals surface area contributed by atoms with Gasteiger partial charge in [-0.2, -0.15) is 5.26 Å². The Balaban J connectivity index is 1.80. The maximum Gasteiger partial charge on any atom is 0.205 e. The van der Waals surface area contributed by atoms with Crippen molar-refractivity contribution in [2.45, 2.75) is 24.7 Å². The van der Waals surface area contributed by atoms with Gasteiger partial charge < -0.3 is 10.5 Å². The first-order chi connectivity index (χ1) is 12.2. The molecule has 0 radical (unpaired) electrons. The fourth-order valence-electron chi connectivity index (χ4n) is 3.51. The zero-order valence-corrected chi connectivity index (χ0v) is 14.1. The first kappa shape index (κ1) is 15.6. The van der Waals surface area contributed by atoms with Crippen LogP contribution in [0.2, 0.25) is 0 Å². The summed E-state index contributed by atoms with van der Waals surface area (Å²) < 4.78 is 5.72. The molecule has 5 nitrogen and oxygen atoms in total. The van der Waals surface area contributed by atoms with Gasteiger partial charge in [-0.3, -0.25) is 9.78 Å². The Morgan fingerprint density at radius 1 is 1.32 bits per heavy atom. The van der Waals surface area contributed by atoms with Crippen LogP contribution < -0.4 is 5.73 Å². The molecule has 0 saturated heterocycles. The Hall–Kier alpha value is -2.91. The number of carbonyl (C=O) groups is 1. The summed E-state index contributed by atoms with van der Waals surface area (Å²) in [5.41, 5.74) is 7.60. The maximum absolute atomic E-state index is 13.0. The van der Waals surface area contributed by atoms with E-state index in [9.17, 15) is 10.1 Å². The Morgan fingerprint density at radius 2 is 2.20 bits per heavy atom. The van der Waals surface area contributed by atoms with Gasteiger partial charge in [-0.1, -0.05) is 12.1 Å². The number of hydrogen-bond donors (Lipinski definition) is 1. The molecule has 3 heterocycles. The van der Waals surface area contributed by atoms with E-state index >= 15 is 0 Å². The van der Waals surface area contributed by atoms with Gasteiger partial charge in [0.05, 0.1) is 5.92 Å². The van der Waals surface area contributed by atoms with Gasteiger partial charge in [0.2, 0.25) is 5.88 Å². The van der Waals surface area contributed by atoms with Crippen molar-refractivity contribution in [2.24, 2.45) is 5.73 Å². The minimum Gasteiger partial charge on any atom is -0.444 e. The molecule has 2 aromatic heterocycles. The van der Waals surface area contributed by atoms with Crippen molar-refractivity contribution in [1.82, 2.24) is 4.98 Å². The number of carbonyl (C=O) groups excluding carboxylic acids is 1. The number of nitriles is 1. The third-order valence-corrected chi connectivity index (χ3v) is 5.66. The lowest BCUT2D eigenvalue weighted by Gasteiger charge is -2.33. The lowest BCUT2D eigenvalue weighted by atomic mass is 9.75. The van der Waals surface area contributed by atoms with Crippen LogP contribution in [0.4, 0.5) is 0 Å². The fourth-order valence-corrected chi connectivity index (χ4v) is 4.34. The number of aromatic nitrogens is 1. The molecule has 4 rings (SSSR count). The summed E-state index contributed by atoms with van der Waals surface area (Å²) in [6.45, 7) is 0. The molecule has 6 heteroatoms. The highest BCUT2D eigenvalue weighted by Gasteiger charge is 2.41. The minimum atomic E-state index is -0.501. The Labute approximate surface area is 149 Å². The molecular formula is C19H15N3O2S. The van der Waals surface area contributed by atoms with Crippen LogP contribution in [-0.4, -0.2) is 10.8 Å². The van der Waals surface area contributed by atoms with Crippen LogP contribution in [-0.2, 0) is 9.53 Å². The number of ether oxygens (including phenoxy) is 1. The molecule has 2 aliphatic rings. The molecular weight excluding hydrogens is 334 g/mol. The Kier molecular flexibility index (Phi) is 3.86. The molecule has 0 bridgehead atoms. The van der Waals surface area contributed by atoms with E-state index in [1.807, 2.05) is 23.6 Å². The van der Waals surface area contributed by atoms with Crippen molar-refractivity contribution in [1.29, 1.82) is 5.26 Å². The van der Waals surface area contributed by atoms with Crippen molar-refractivity contribution in [3.8, 4) is 6.07 Å². The minimum absolute atomic E-state index is 0.00810. The first-order valence-corrected chi connectivity index (χ1v) is 8.84. The zero-order chi connectivity index (χ0) is 17.4. The van der Waals surface area contributed by atoms with Crippen molar-refractivity contribution in [3.63, 3.8) is 0 Å². The fraction of sp³-hybridized carbons (Fsp3) is 0.211. The summed E-state index contributed by atoms with van der Waals surface area (Å²) in [4.78, 5) is 18.2. The predicted molar refractivity (Wildman–Crippen MR) is 93.2 cm³/mol. The number of thiophene rings is 1. The lowest BCUT2D eigenvalue weighted by molar-refractivity contribution is -0.117. The highest BCUT2D eigenvalue weighted by atomic mass is 32.1. The van der Waals surface area contributed by atoms with Gasteiger partial charge in [-0.15, -0.1) is 11.3 Å². The maximum atomic E-state index is 13.0. The predicted octanol–water partition coefficient (Wildman–Crippen LogP) is 3.35. The molecule has 2 aromatic rings. The molecule has 0 aromatic carbocycles. The highest BCUT2D eigenvalue weighted by Crippen LogP contribution is 2.46. The van der Waals surface area contributed by atoms with Gasteiger partial charge in [0, 0.05) is 41.6 Å². The number of nitrogens with zero attached hydrogens (tertiary/aromatic N) is 2. The van der Waals surface area contributed by atoms with Crippen molar-refractivity contribution in [2.75, 3.05) is 0 Å². The normalized spacial score (nSPS) is 23.1.